The summed E-state index contributed by atoms with van der Waals surface area (Å²) in [6.07, 6.45) is 4.25. The Hall–Kier alpha value is -4.53. The van der Waals surface area contributed by atoms with Gasteiger partial charge in [-0.2, -0.15) is 0 Å². The highest BCUT2D eigenvalue weighted by molar-refractivity contribution is 6.10. The van der Waals surface area contributed by atoms with E-state index in [0.717, 1.165) is 0 Å². The van der Waals surface area contributed by atoms with Crippen molar-refractivity contribution < 1.29 is 23.5 Å². The van der Waals surface area contributed by atoms with E-state index in [4.69, 9.17) is 9.47 Å². The van der Waals surface area contributed by atoms with Gasteiger partial charge in [-0.3, -0.25) is 19.4 Å². The highest BCUT2D eigenvalue weighted by atomic mass is 19.1. The van der Waals surface area contributed by atoms with E-state index in [2.05, 4.69) is 10.3 Å². The summed E-state index contributed by atoms with van der Waals surface area (Å²) in [4.78, 5) is 43.2. The maximum atomic E-state index is 13.9. The maximum Gasteiger partial charge on any atom is 0.244 e. The number of ketones is 1. The first-order chi connectivity index (χ1) is 16.8. The van der Waals surface area contributed by atoms with Gasteiger partial charge in [0.1, 0.15) is 12.4 Å². The van der Waals surface area contributed by atoms with E-state index in [1.807, 2.05) is 0 Å². The van der Waals surface area contributed by atoms with Crippen molar-refractivity contribution in [3.8, 4) is 11.5 Å². The Morgan fingerprint density at radius 3 is 2.37 bits per heavy atom. The van der Waals surface area contributed by atoms with Crippen LogP contribution in [0, 0.1) is 12.7 Å². The SMILES string of the molecule is COc1cc2c(=O)c(C(=O)c3ccncc3)cn(CC(=O)Nc3ccc(C)c(F)c3)c2cc1OC. The molecule has 0 atom stereocenters. The summed E-state index contributed by atoms with van der Waals surface area (Å²) >= 11 is 0. The van der Waals surface area contributed by atoms with Crippen LogP contribution in [-0.2, 0) is 11.3 Å². The standard InChI is InChI=1S/C26H22FN3O5/c1-15-4-5-17(10-20(15)27)29-24(31)14-30-13-19(25(32)16-6-8-28-9-7-16)26(33)18-11-22(34-2)23(35-3)12-21(18)30/h4-13H,14H2,1-3H3,(H,29,31). The molecule has 0 aliphatic heterocycles. The van der Waals surface area contributed by atoms with E-state index in [0.29, 0.717) is 22.6 Å². The molecule has 1 N–H and O–H groups in total. The molecule has 8 nitrogen and oxygen atoms in total. The van der Waals surface area contributed by atoms with Gasteiger partial charge in [0.2, 0.25) is 11.3 Å². The fraction of sp³-hybridized carbons (Fsp3) is 0.154. The quantitative estimate of drug-likeness (QED) is 0.409. The lowest BCUT2D eigenvalue weighted by molar-refractivity contribution is -0.116. The van der Waals surface area contributed by atoms with E-state index in [9.17, 15) is 18.8 Å². The smallest absolute Gasteiger partial charge is 0.244 e. The van der Waals surface area contributed by atoms with Crippen LogP contribution in [0.1, 0.15) is 21.5 Å². The van der Waals surface area contributed by atoms with E-state index < -0.39 is 22.9 Å². The molecule has 0 aliphatic carbocycles. The second-order valence-electron chi connectivity index (χ2n) is 7.80. The van der Waals surface area contributed by atoms with Crippen LogP contribution < -0.4 is 20.2 Å². The minimum Gasteiger partial charge on any atom is -0.493 e. The number of methoxy groups -OCH3 is 2. The van der Waals surface area contributed by atoms with Crippen LogP contribution >= 0.6 is 0 Å². The Bertz CT molecular complexity index is 1500. The lowest BCUT2D eigenvalue weighted by Gasteiger charge is -2.16. The number of pyridine rings is 2. The molecule has 2 heterocycles. The number of aryl methyl sites for hydroxylation is 1. The van der Waals surface area contributed by atoms with Gasteiger partial charge in [-0.1, -0.05) is 6.07 Å². The van der Waals surface area contributed by atoms with Crippen LogP contribution in [0.4, 0.5) is 10.1 Å². The minimum atomic E-state index is -0.514. The van der Waals surface area contributed by atoms with Gasteiger partial charge in [0.15, 0.2) is 17.3 Å². The topological polar surface area (TPSA) is 99.5 Å². The number of nitrogens with one attached hydrogen (secondary N) is 1. The summed E-state index contributed by atoms with van der Waals surface area (Å²) in [6.45, 7) is 1.37. The lowest BCUT2D eigenvalue weighted by Crippen LogP contribution is -2.24. The van der Waals surface area contributed by atoms with E-state index >= 15 is 0 Å². The number of carbonyl (C=O) groups is 2. The molecule has 4 aromatic rings. The lowest BCUT2D eigenvalue weighted by atomic mass is 10.0. The molecule has 178 valence electrons. The van der Waals surface area contributed by atoms with Crippen LogP contribution in [0.5, 0.6) is 11.5 Å². The number of hydrogen-bond donors (Lipinski definition) is 1. The molecule has 2 aromatic heterocycles. The van der Waals surface area contributed by atoms with Crippen molar-refractivity contribution >= 4 is 28.3 Å². The zero-order valence-electron chi connectivity index (χ0n) is 19.3. The Morgan fingerprint density at radius 1 is 1.03 bits per heavy atom. The number of fused-ring (bicyclic) bond motifs is 1. The Kier molecular flexibility index (Phi) is 6.59. The molecule has 0 radical (unpaired) electrons. The number of nitrogens with zero attached hydrogens (tertiary/aromatic N) is 2. The van der Waals surface area contributed by atoms with Crippen molar-refractivity contribution in [1.82, 2.24) is 9.55 Å². The van der Waals surface area contributed by atoms with Gasteiger partial charge in [0, 0.05) is 35.9 Å². The largest absolute Gasteiger partial charge is 0.493 e. The normalized spacial score (nSPS) is 10.7. The predicted octanol–water partition coefficient (Wildman–Crippen LogP) is 3.73. The Labute approximate surface area is 199 Å². The fourth-order valence-electron chi connectivity index (χ4n) is 3.69. The summed E-state index contributed by atoms with van der Waals surface area (Å²) < 4.78 is 26.1. The minimum absolute atomic E-state index is 0.120. The molecular weight excluding hydrogens is 453 g/mol. The molecule has 35 heavy (non-hydrogen) atoms. The zero-order chi connectivity index (χ0) is 25.1. The monoisotopic (exact) mass is 475 g/mol. The molecule has 0 spiro atoms. The molecular formula is C26H22FN3O5. The van der Waals surface area contributed by atoms with Crippen LogP contribution in [0.15, 0.2) is 65.8 Å². The van der Waals surface area contributed by atoms with E-state index in [1.54, 1.807) is 25.1 Å². The fourth-order valence-corrected chi connectivity index (χ4v) is 3.69. The van der Waals surface area contributed by atoms with Crippen LogP contribution in [0.3, 0.4) is 0 Å². The molecule has 0 unspecified atom stereocenters. The Morgan fingerprint density at radius 2 is 1.71 bits per heavy atom. The molecule has 1 amide bonds. The molecule has 0 aliphatic rings. The number of amides is 1. The zero-order valence-corrected chi connectivity index (χ0v) is 19.3. The van der Waals surface area contributed by atoms with Crippen LogP contribution in [-0.4, -0.2) is 35.5 Å². The van der Waals surface area contributed by atoms with Gasteiger partial charge in [-0.15, -0.1) is 0 Å². The Balaban J connectivity index is 1.82. The highest BCUT2D eigenvalue weighted by Gasteiger charge is 2.20. The third kappa shape index (κ3) is 4.74. The van der Waals surface area contributed by atoms with Gasteiger partial charge in [-0.25, -0.2) is 4.39 Å². The highest BCUT2D eigenvalue weighted by Crippen LogP contribution is 2.31. The summed E-state index contributed by atoms with van der Waals surface area (Å²) in [6, 6.07) is 10.4. The van der Waals surface area contributed by atoms with Crippen molar-refractivity contribution in [2.24, 2.45) is 0 Å². The maximum absolute atomic E-state index is 13.9. The third-order valence-corrected chi connectivity index (χ3v) is 5.54. The third-order valence-electron chi connectivity index (χ3n) is 5.54. The summed E-state index contributed by atoms with van der Waals surface area (Å²) in [5, 5.41) is 2.82. The number of carbonyl (C=O) groups excluding carboxylic acids is 2. The summed E-state index contributed by atoms with van der Waals surface area (Å²) in [5.41, 5.74) is 0.753. The molecule has 0 fully saturated rings. The average molecular weight is 475 g/mol. The second-order valence-corrected chi connectivity index (χ2v) is 7.80. The average Bonchev–Trinajstić information content (AvgIpc) is 2.87. The number of rotatable bonds is 7. The molecule has 0 bridgehead atoms. The first-order valence-electron chi connectivity index (χ1n) is 10.6. The first kappa shape index (κ1) is 23.6. The molecule has 9 heteroatoms. The predicted molar refractivity (Wildman–Crippen MR) is 129 cm³/mol. The van der Waals surface area contributed by atoms with Crippen molar-refractivity contribution in [2.45, 2.75) is 13.5 Å². The summed E-state index contributed by atoms with van der Waals surface area (Å²) in [7, 11) is 2.88. The van der Waals surface area contributed by atoms with Gasteiger partial charge in [-0.05, 0) is 42.8 Å². The molecule has 2 aromatic carbocycles. The number of benzene rings is 2. The number of halogens is 1. The number of hydrogen-bond acceptors (Lipinski definition) is 6. The van der Waals surface area contributed by atoms with Crippen molar-refractivity contribution in [1.29, 1.82) is 0 Å². The second kappa shape index (κ2) is 9.76. The summed E-state index contributed by atoms with van der Waals surface area (Å²) in [5.74, 6) is -0.781. The van der Waals surface area contributed by atoms with Gasteiger partial charge in [0.25, 0.3) is 0 Å². The molecule has 0 saturated heterocycles. The molecule has 4 rings (SSSR count). The first-order valence-corrected chi connectivity index (χ1v) is 10.6. The number of aromatic nitrogens is 2. The van der Waals surface area contributed by atoms with Crippen molar-refractivity contribution in [2.75, 3.05) is 19.5 Å². The van der Waals surface area contributed by atoms with Gasteiger partial charge >= 0.3 is 0 Å². The number of ether oxygens (including phenoxy) is 2. The number of anilines is 1. The van der Waals surface area contributed by atoms with Crippen molar-refractivity contribution in [3.05, 3.63) is 93.8 Å². The molecule has 0 saturated carbocycles. The van der Waals surface area contributed by atoms with Gasteiger partial charge in [0.05, 0.1) is 30.7 Å². The van der Waals surface area contributed by atoms with Crippen LogP contribution in [0.2, 0.25) is 0 Å². The van der Waals surface area contributed by atoms with E-state index in [-0.39, 0.29) is 28.7 Å². The van der Waals surface area contributed by atoms with Crippen LogP contribution in [0.25, 0.3) is 10.9 Å². The van der Waals surface area contributed by atoms with E-state index in [1.165, 1.54) is 61.6 Å². The van der Waals surface area contributed by atoms with Gasteiger partial charge < -0.3 is 19.4 Å². The van der Waals surface area contributed by atoms with Crippen molar-refractivity contribution in [3.63, 3.8) is 0 Å².